The molecule has 0 saturated heterocycles. The van der Waals surface area contributed by atoms with Gasteiger partial charge in [-0.1, -0.05) is 22.9 Å². The summed E-state index contributed by atoms with van der Waals surface area (Å²) in [6, 6.07) is 5.86. The van der Waals surface area contributed by atoms with Gasteiger partial charge in [0.2, 0.25) is 0 Å². The predicted molar refractivity (Wildman–Crippen MR) is 79.5 cm³/mol. The zero-order chi connectivity index (χ0) is 14.1. The van der Waals surface area contributed by atoms with Gasteiger partial charge >= 0.3 is 0 Å². The lowest BCUT2D eigenvalue weighted by molar-refractivity contribution is 0.0162. The van der Waals surface area contributed by atoms with Crippen LogP contribution in [0.2, 0.25) is 0 Å². The van der Waals surface area contributed by atoms with E-state index >= 15 is 0 Å². The fourth-order valence-corrected chi connectivity index (χ4v) is 1.98. The van der Waals surface area contributed by atoms with Crippen molar-refractivity contribution in [2.45, 2.75) is 26.5 Å². The van der Waals surface area contributed by atoms with Crippen molar-refractivity contribution in [2.24, 2.45) is 0 Å². The second-order valence-electron chi connectivity index (χ2n) is 4.16. The standard InChI is InChI=1S/C14H22BrNO3/c1-3-16-8-11-7-12(15)5-6-14(11)19-10-13(17)9-18-4-2/h5-7,13,16-17H,3-4,8-10H2,1-2H3. The highest BCUT2D eigenvalue weighted by molar-refractivity contribution is 9.10. The van der Waals surface area contributed by atoms with Gasteiger partial charge in [-0.15, -0.1) is 0 Å². The molecule has 108 valence electrons. The Balaban J connectivity index is 2.56. The average Bonchev–Trinajstić information content (AvgIpc) is 2.41. The van der Waals surface area contributed by atoms with Gasteiger partial charge in [0.1, 0.15) is 18.5 Å². The van der Waals surface area contributed by atoms with Gasteiger partial charge in [0.25, 0.3) is 0 Å². The van der Waals surface area contributed by atoms with Gasteiger partial charge in [0.15, 0.2) is 0 Å². The van der Waals surface area contributed by atoms with Gasteiger partial charge in [0, 0.05) is 23.2 Å². The zero-order valence-electron chi connectivity index (χ0n) is 11.5. The molecule has 2 N–H and O–H groups in total. The summed E-state index contributed by atoms with van der Waals surface area (Å²) < 4.78 is 11.8. The van der Waals surface area contributed by atoms with Crippen LogP contribution in [0.25, 0.3) is 0 Å². The predicted octanol–water partition coefficient (Wildman–Crippen LogP) is 2.33. The van der Waals surface area contributed by atoms with E-state index in [1.165, 1.54) is 0 Å². The van der Waals surface area contributed by atoms with Crippen molar-refractivity contribution in [3.05, 3.63) is 28.2 Å². The fraction of sp³-hybridized carbons (Fsp3) is 0.571. The summed E-state index contributed by atoms with van der Waals surface area (Å²) in [5.41, 5.74) is 1.07. The van der Waals surface area contributed by atoms with Crippen molar-refractivity contribution in [1.29, 1.82) is 0 Å². The number of aliphatic hydroxyl groups excluding tert-OH is 1. The molecule has 0 heterocycles. The van der Waals surface area contributed by atoms with Gasteiger partial charge < -0.3 is 19.9 Å². The molecule has 0 aromatic heterocycles. The van der Waals surface area contributed by atoms with Crippen LogP contribution in [0.15, 0.2) is 22.7 Å². The summed E-state index contributed by atoms with van der Waals surface area (Å²) in [6.45, 7) is 6.74. The maximum atomic E-state index is 9.69. The Hall–Kier alpha value is -0.620. The van der Waals surface area contributed by atoms with Crippen LogP contribution in [0.3, 0.4) is 0 Å². The van der Waals surface area contributed by atoms with E-state index in [1.807, 2.05) is 25.1 Å². The van der Waals surface area contributed by atoms with E-state index in [4.69, 9.17) is 9.47 Å². The minimum atomic E-state index is -0.601. The molecule has 0 fully saturated rings. The van der Waals surface area contributed by atoms with Crippen LogP contribution in [-0.4, -0.2) is 37.6 Å². The summed E-state index contributed by atoms with van der Waals surface area (Å²) in [7, 11) is 0. The average molecular weight is 332 g/mol. The smallest absolute Gasteiger partial charge is 0.124 e. The molecule has 1 unspecified atom stereocenters. The third-order valence-electron chi connectivity index (χ3n) is 2.53. The first-order chi connectivity index (χ1) is 9.17. The summed E-state index contributed by atoms with van der Waals surface area (Å²) in [5, 5.41) is 13.0. The number of nitrogens with one attached hydrogen (secondary N) is 1. The molecule has 0 spiro atoms. The summed E-state index contributed by atoms with van der Waals surface area (Å²) in [5.74, 6) is 0.791. The number of hydrogen-bond acceptors (Lipinski definition) is 4. The van der Waals surface area contributed by atoms with Crippen LogP contribution in [0, 0.1) is 0 Å². The Morgan fingerprint density at radius 2 is 2.11 bits per heavy atom. The molecular weight excluding hydrogens is 310 g/mol. The molecule has 1 atom stereocenters. The molecule has 0 saturated carbocycles. The van der Waals surface area contributed by atoms with E-state index < -0.39 is 6.10 Å². The van der Waals surface area contributed by atoms with E-state index in [0.29, 0.717) is 13.2 Å². The van der Waals surface area contributed by atoms with E-state index in [9.17, 15) is 5.11 Å². The molecule has 0 aliphatic carbocycles. The first-order valence-electron chi connectivity index (χ1n) is 6.55. The Morgan fingerprint density at radius 3 is 2.79 bits per heavy atom. The van der Waals surface area contributed by atoms with Crippen molar-refractivity contribution in [3.63, 3.8) is 0 Å². The highest BCUT2D eigenvalue weighted by atomic mass is 79.9. The van der Waals surface area contributed by atoms with Crippen molar-refractivity contribution in [1.82, 2.24) is 5.32 Å². The van der Waals surface area contributed by atoms with Crippen LogP contribution in [0.5, 0.6) is 5.75 Å². The van der Waals surface area contributed by atoms with E-state index in [0.717, 1.165) is 28.9 Å². The Bertz CT molecular complexity index is 374. The van der Waals surface area contributed by atoms with Gasteiger partial charge in [-0.25, -0.2) is 0 Å². The monoisotopic (exact) mass is 331 g/mol. The number of ether oxygens (including phenoxy) is 2. The van der Waals surface area contributed by atoms with Gasteiger partial charge in [-0.05, 0) is 31.7 Å². The number of halogens is 1. The summed E-state index contributed by atoms with van der Waals surface area (Å²) in [6.07, 6.45) is -0.601. The SMILES string of the molecule is CCNCc1cc(Br)ccc1OCC(O)COCC. The van der Waals surface area contributed by atoms with Crippen molar-refractivity contribution < 1.29 is 14.6 Å². The Kier molecular flexibility index (Phi) is 8.05. The van der Waals surface area contributed by atoms with E-state index in [2.05, 4.69) is 28.2 Å². The molecule has 0 bridgehead atoms. The molecule has 5 heteroatoms. The summed E-state index contributed by atoms with van der Waals surface area (Å²) in [4.78, 5) is 0. The number of benzene rings is 1. The first kappa shape index (κ1) is 16.4. The number of hydrogen-bond donors (Lipinski definition) is 2. The topological polar surface area (TPSA) is 50.7 Å². The molecule has 1 aromatic rings. The maximum absolute atomic E-state index is 9.69. The van der Waals surface area contributed by atoms with Crippen LogP contribution in [0.1, 0.15) is 19.4 Å². The number of aliphatic hydroxyl groups is 1. The van der Waals surface area contributed by atoms with Crippen LogP contribution in [-0.2, 0) is 11.3 Å². The van der Waals surface area contributed by atoms with Crippen molar-refractivity contribution in [2.75, 3.05) is 26.4 Å². The zero-order valence-corrected chi connectivity index (χ0v) is 13.1. The molecule has 1 aromatic carbocycles. The molecule has 1 rings (SSSR count). The van der Waals surface area contributed by atoms with E-state index in [1.54, 1.807) is 0 Å². The van der Waals surface area contributed by atoms with Crippen molar-refractivity contribution in [3.8, 4) is 5.75 Å². The largest absolute Gasteiger partial charge is 0.490 e. The maximum Gasteiger partial charge on any atom is 0.124 e. The Morgan fingerprint density at radius 1 is 1.32 bits per heavy atom. The first-order valence-corrected chi connectivity index (χ1v) is 7.34. The molecule has 0 amide bonds. The fourth-order valence-electron chi connectivity index (χ4n) is 1.57. The minimum Gasteiger partial charge on any atom is -0.490 e. The quantitative estimate of drug-likeness (QED) is 0.729. The highest BCUT2D eigenvalue weighted by Gasteiger charge is 2.08. The van der Waals surface area contributed by atoms with Crippen LogP contribution < -0.4 is 10.1 Å². The molecule has 0 aliphatic rings. The van der Waals surface area contributed by atoms with Crippen LogP contribution >= 0.6 is 15.9 Å². The normalized spacial score (nSPS) is 12.4. The molecule has 0 radical (unpaired) electrons. The molecule has 4 nitrogen and oxygen atoms in total. The third-order valence-corrected chi connectivity index (χ3v) is 3.03. The Labute approximate surface area is 123 Å². The van der Waals surface area contributed by atoms with Crippen molar-refractivity contribution >= 4 is 15.9 Å². The van der Waals surface area contributed by atoms with Gasteiger partial charge in [-0.2, -0.15) is 0 Å². The molecule has 19 heavy (non-hydrogen) atoms. The van der Waals surface area contributed by atoms with E-state index in [-0.39, 0.29) is 6.61 Å². The second-order valence-corrected chi connectivity index (χ2v) is 5.07. The third kappa shape index (κ3) is 6.38. The summed E-state index contributed by atoms with van der Waals surface area (Å²) >= 11 is 3.45. The lowest BCUT2D eigenvalue weighted by Gasteiger charge is -2.15. The van der Waals surface area contributed by atoms with Gasteiger partial charge in [-0.3, -0.25) is 0 Å². The molecule has 0 aliphatic heterocycles. The lowest BCUT2D eigenvalue weighted by Crippen LogP contribution is -2.24. The number of rotatable bonds is 9. The second kappa shape index (κ2) is 9.31. The van der Waals surface area contributed by atoms with Gasteiger partial charge in [0.05, 0.1) is 6.61 Å². The minimum absolute atomic E-state index is 0.237. The lowest BCUT2D eigenvalue weighted by atomic mass is 10.2. The molecular formula is C14H22BrNO3. The van der Waals surface area contributed by atoms with Crippen LogP contribution in [0.4, 0.5) is 0 Å². The highest BCUT2D eigenvalue weighted by Crippen LogP contribution is 2.23.